The average Bonchev–Trinajstić information content (AvgIpc) is 2.28. The van der Waals surface area contributed by atoms with Gasteiger partial charge in [0.25, 0.3) is 0 Å². The third kappa shape index (κ3) is 3.94. The maximum Gasteiger partial charge on any atom is 0.337 e. The molecule has 90 valence electrons. The summed E-state index contributed by atoms with van der Waals surface area (Å²) in [7, 11) is 0. The third-order valence-corrected chi connectivity index (χ3v) is 1.96. The maximum absolute atomic E-state index is 11.4. The van der Waals surface area contributed by atoms with Gasteiger partial charge in [-0.2, -0.15) is 0 Å². The second-order valence-electron chi connectivity index (χ2n) is 3.39. The third-order valence-electron chi connectivity index (χ3n) is 1.96. The van der Waals surface area contributed by atoms with Crippen LogP contribution >= 0.6 is 0 Å². The van der Waals surface area contributed by atoms with E-state index in [1.807, 2.05) is 0 Å². The van der Waals surface area contributed by atoms with Crippen LogP contribution in [-0.4, -0.2) is 28.1 Å². The lowest BCUT2D eigenvalue weighted by molar-refractivity contribution is 0.0696. The van der Waals surface area contributed by atoms with Crippen molar-refractivity contribution in [1.29, 1.82) is 0 Å². The van der Waals surface area contributed by atoms with E-state index in [1.165, 1.54) is 18.5 Å². The molecule has 1 heterocycles. The fraction of sp³-hybridized carbons (Fsp3) is 0.182. The van der Waals surface area contributed by atoms with Gasteiger partial charge in [0.15, 0.2) is 0 Å². The Balaban J connectivity index is 2.68. The number of hydrogen-bond acceptors (Lipinski definition) is 3. The number of carbonyl (C=O) groups excluding carboxylic acids is 1. The molecule has 0 aliphatic rings. The van der Waals surface area contributed by atoms with Gasteiger partial charge >= 0.3 is 12.0 Å². The van der Waals surface area contributed by atoms with Crippen LogP contribution in [-0.2, 0) is 0 Å². The molecule has 1 rings (SSSR count). The van der Waals surface area contributed by atoms with Crippen LogP contribution in [0.2, 0.25) is 0 Å². The molecule has 1 unspecified atom stereocenters. The molecule has 0 aromatic carbocycles. The second kappa shape index (κ2) is 5.64. The van der Waals surface area contributed by atoms with Gasteiger partial charge in [-0.1, -0.05) is 6.08 Å². The number of carbonyl (C=O) groups is 2. The number of urea groups is 1. The van der Waals surface area contributed by atoms with Gasteiger partial charge < -0.3 is 15.7 Å². The molecule has 1 atom stereocenters. The van der Waals surface area contributed by atoms with E-state index in [0.717, 1.165) is 0 Å². The molecule has 0 saturated carbocycles. The monoisotopic (exact) mass is 235 g/mol. The molecule has 17 heavy (non-hydrogen) atoms. The highest BCUT2D eigenvalue weighted by molar-refractivity contribution is 5.92. The van der Waals surface area contributed by atoms with Gasteiger partial charge in [0.05, 0.1) is 17.4 Å². The standard InChI is InChI=1S/C11H13N3O3/c1-3-7(2)13-11(17)14-9-4-8(10(15)16)5-12-6-9/h3-7H,1H2,2H3,(H,15,16)(H2,13,14,17). The minimum atomic E-state index is -1.10. The first-order valence-corrected chi connectivity index (χ1v) is 4.91. The van der Waals surface area contributed by atoms with Crippen molar-refractivity contribution in [1.82, 2.24) is 10.3 Å². The Morgan fingerprint density at radius 1 is 1.53 bits per heavy atom. The summed E-state index contributed by atoms with van der Waals surface area (Å²) in [4.78, 5) is 25.8. The Morgan fingerprint density at radius 2 is 2.24 bits per heavy atom. The highest BCUT2D eigenvalue weighted by Crippen LogP contribution is 2.08. The van der Waals surface area contributed by atoms with Crippen molar-refractivity contribution in [3.8, 4) is 0 Å². The van der Waals surface area contributed by atoms with Gasteiger partial charge in [-0.05, 0) is 13.0 Å². The van der Waals surface area contributed by atoms with Gasteiger partial charge in [-0.25, -0.2) is 9.59 Å². The Labute approximate surface area is 98.4 Å². The molecule has 1 aromatic heterocycles. The second-order valence-corrected chi connectivity index (χ2v) is 3.39. The first kappa shape index (κ1) is 12.7. The van der Waals surface area contributed by atoms with Crippen molar-refractivity contribution in [3.05, 3.63) is 36.7 Å². The lowest BCUT2D eigenvalue weighted by Gasteiger charge is -2.10. The number of aromatic carboxylic acids is 1. The zero-order valence-electron chi connectivity index (χ0n) is 9.30. The van der Waals surface area contributed by atoms with Crippen LogP contribution in [0.1, 0.15) is 17.3 Å². The van der Waals surface area contributed by atoms with Crippen LogP contribution in [0.15, 0.2) is 31.1 Å². The molecule has 2 amide bonds. The summed E-state index contributed by atoms with van der Waals surface area (Å²) in [6.07, 6.45) is 4.15. The highest BCUT2D eigenvalue weighted by atomic mass is 16.4. The largest absolute Gasteiger partial charge is 0.478 e. The van der Waals surface area contributed by atoms with E-state index in [0.29, 0.717) is 5.69 Å². The first-order valence-electron chi connectivity index (χ1n) is 4.91. The van der Waals surface area contributed by atoms with Crippen molar-refractivity contribution in [2.24, 2.45) is 0 Å². The van der Waals surface area contributed by atoms with Crippen molar-refractivity contribution < 1.29 is 14.7 Å². The summed E-state index contributed by atoms with van der Waals surface area (Å²) in [5, 5.41) is 13.8. The summed E-state index contributed by atoms with van der Waals surface area (Å²) >= 11 is 0. The molecule has 0 radical (unpaired) electrons. The van der Waals surface area contributed by atoms with E-state index in [4.69, 9.17) is 5.11 Å². The average molecular weight is 235 g/mol. The summed E-state index contributed by atoms with van der Waals surface area (Å²) in [5.74, 6) is -1.10. The molecule has 6 heteroatoms. The van der Waals surface area contributed by atoms with E-state index in [9.17, 15) is 9.59 Å². The highest BCUT2D eigenvalue weighted by Gasteiger charge is 2.07. The van der Waals surface area contributed by atoms with E-state index in [1.54, 1.807) is 13.0 Å². The van der Waals surface area contributed by atoms with Crippen LogP contribution in [0.5, 0.6) is 0 Å². The van der Waals surface area contributed by atoms with Gasteiger partial charge in [0.2, 0.25) is 0 Å². The molecule has 3 N–H and O–H groups in total. The van der Waals surface area contributed by atoms with Crippen LogP contribution in [0.25, 0.3) is 0 Å². The Morgan fingerprint density at radius 3 is 2.82 bits per heavy atom. The number of carboxylic acids is 1. The Bertz CT molecular complexity index is 445. The fourth-order valence-corrected chi connectivity index (χ4v) is 1.06. The number of amides is 2. The normalized spacial score (nSPS) is 11.4. The molecule has 1 aromatic rings. The van der Waals surface area contributed by atoms with Crippen molar-refractivity contribution >= 4 is 17.7 Å². The molecule has 0 spiro atoms. The van der Waals surface area contributed by atoms with Crippen LogP contribution in [0, 0.1) is 0 Å². The SMILES string of the molecule is C=CC(C)NC(=O)Nc1cncc(C(=O)O)c1. The molecule has 0 fully saturated rings. The molecular weight excluding hydrogens is 222 g/mol. The number of hydrogen-bond donors (Lipinski definition) is 3. The number of nitrogens with zero attached hydrogens (tertiary/aromatic N) is 1. The van der Waals surface area contributed by atoms with Crippen LogP contribution in [0.3, 0.4) is 0 Å². The van der Waals surface area contributed by atoms with Gasteiger partial charge in [0, 0.05) is 12.2 Å². The van der Waals surface area contributed by atoms with Gasteiger partial charge in [-0.3, -0.25) is 4.98 Å². The summed E-state index contributed by atoms with van der Waals surface area (Å²) < 4.78 is 0. The van der Waals surface area contributed by atoms with E-state index >= 15 is 0 Å². The molecule has 0 bridgehead atoms. The quantitative estimate of drug-likeness (QED) is 0.689. The molecule has 0 aliphatic heterocycles. The number of anilines is 1. The predicted octanol–water partition coefficient (Wildman–Crippen LogP) is 1.48. The van der Waals surface area contributed by atoms with E-state index in [2.05, 4.69) is 22.2 Å². The Hall–Kier alpha value is -2.37. The number of nitrogens with one attached hydrogen (secondary N) is 2. The lowest BCUT2D eigenvalue weighted by atomic mass is 10.2. The van der Waals surface area contributed by atoms with Crippen molar-refractivity contribution in [2.45, 2.75) is 13.0 Å². The van der Waals surface area contributed by atoms with Crippen molar-refractivity contribution in [2.75, 3.05) is 5.32 Å². The topological polar surface area (TPSA) is 91.3 Å². The van der Waals surface area contributed by atoms with E-state index in [-0.39, 0.29) is 11.6 Å². The first-order chi connectivity index (χ1) is 8.02. The van der Waals surface area contributed by atoms with E-state index < -0.39 is 12.0 Å². The lowest BCUT2D eigenvalue weighted by Crippen LogP contribution is -2.34. The zero-order chi connectivity index (χ0) is 12.8. The number of carboxylic acid groups (broad SMARTS) is 1. The predicted molar refractivity (Wildman–Crippen MR) is 63.0 cm³/mol. The number of pyridine rings is 1. The summed E-state index contributed by atoms with van der Waals surface area (Å²) in [6.45, 7) is 5.29. The van der Waals surface area contributed by atoms with Gasteiger partial charge in [0.1, 0.15) is 0 Å². The molecular formula is C11H13N3O3. The molecule has 6 nitrogen and oxygen atoms in total. The minimum absolute atomic E-state index is 0.0135. The zero-order valence-corrected chi connectivity index (χ0v) is 9.30. The van der Waals surface area contributed by atoms with Crippen molar-refractivity contribution in [3.63, 3.8) is 0 Å². The smallest absolute Gasteiger partial charge is 0.337 e. The van der Waals surface area contributed by atoms with Gasteiger partial charge in [-0.15, -0.1) is 6.58 Å². The maximum atomic E-state index is 11.4. The Kier molecular flexibility index (Phi) is 4.21. The minimum Gasteiger partial charge on any atom is -0.478 e. The summed E-state index contributed by atoms with van der Waals surface area (Å²) in [6, 6.07) is 0.709. The summed E-state index contributed by atoms with van der Waals surface area (Å²) in [5.41, 5.74) is 0.332. The molecule has 0 aliphatic carbocycles. The van der Waals surface area contributed by atoms with Crippen LogP contribution in [0.4, 0.5) is 10.5 Å². The number of aromatic nitrogens is 1. The number of rotatable bonds is 4. The fourth-order valence-electron chi connectivity index (χ4n) is 1.06. The van der Waals surface area contributed by atoms with Crippen LogP contribution < -0.4 is 10.6 Å². The molecule has 0 saturated heterocycles.